The van der Waals surface area contributed by atoms with Gasteiger partial charge < -0.3 is 10.1 Å². The van der Waals surface area contributed by atoms with Gasteiger partial charge in [-0.15, -0.1) is 0 Å². The van der Waals surface area contributed by atoms with Crippen LogP contribution in [0.15, 0.2) is 12.1 Å². The summed E-state index contributed by atoms with van der Waals surface area (Å²) in [5, 5.41) is 4.07. The Labute approximate surface area is 129 Å². The number of ether oxygens (including phenoxy) is 1. The summed E-state index contributed by atoms with van der Waals surface area (Å²) in [5.74, 6) is 0.693. The number of nitrogens with one attached hydrogen (secondary N) is 1. The van der Waals surface area contributed by atoms with Gasteiger partial charge in [0.1, 0.15) is 5.75 Å². The number of piperidine rings is 1. The van der Waals surface area contributed by atoms with E-state index < -0.39 is 0 Å². The average molecular weight is 316 g/mol. The van der Waals surface area contributed by atoms with Crippen molar-refractivity contribution in [3.63, 3.8) is 0 Å². The Morgan fingerprint density at radius 2 is 1.95 bits per heavy atom. The third-order valence-electron chi connectivity index (χ3n) is 3.46. The van der Waals surface area contributed by atoms with Gasteiger partial charge in [-0.1, -0.05) is 30.1 Å². The first kappa shape index (κ1) is 15.6. The minimum atomic E-state index is 0.0393. The molecule has 1 N–H and O–H groups in total. The Bertz CT molecular complexity index is 485. The van der Waals surface area contributed by atoms with Gasteiger partial charge in [-0.2, -0.15) is 0 Å². The number of hydrogen-bond donors (Lipinski definition) is 1. The van der Waals surface area contributed by atoms with Crippen molar-refractivity contribution in [3.05, 3.63) is 27.7 Å². The zero-order chi connectivity index (χ0) is 14.5. The summed E-state index contributed by atoms with van der Waals surface area (Å²) in [4.78, 5) is 12.6. The van der Waals surface area contributed by atoms with Crippen molar-refractivity contribution < 1.29 is 9.53 Å². The molecule has 1 saturated heterocycles. The van der Waals surface area contributed by atoms with E-state index >= 15 is 0 Å². The van der Waals surface area contributed by atoms with E-state index in [0.29, 0.717) is 28.0 Å². The molecule has 1 fully saturated rings. The summed E-state index contributed by atoms with van der Waals surface area (Å²) in [6.45, 7) is 4.34. The molecule has 0 atom stereocenters. The predicted octanol–water partition coefficient (Wildman–Crippen LogP) is 3.96. The highest BCUT2D eigenvalue weighted by Crippen LogP contribution is 2.33. The normalized spacial score (nSPS) is 16.1. The Kier molecular flexibility index (Phi) is 5.70. The Morgan fingerprint density at radius 3 is 2.60 bits per heavy atom. The van der Waals surface area contributed by atoms with Crippen molar-refractivity contribution >= 4 is 29.0 Å². The van der Waals surface area contributed by atoms with Crippen LogP contribution >= 0.6 is 23.2 Å². The number of benzene rings is 1. The molecular weight excluding hydrogens is 297 g/mol. The van der Waals surface area contributed by atoms with Crippen molar-refractivity contribution in [2.75, 3.05) is 19.7 Å². The molecule has 1 aliphatic rings. The highest BCUT2D eigenvalue weighted by atomic mass is 35.5. The SMILES string of the molecule is CCCOc1cc(Cl)c(Cl)cc1C(=O)C1CCNCC1. The third-order valence-corrected chi connectivity index (χ3v) is 4.18. The molecule has 110 valence electrons. The molecule has 5 heteroatoms. The first-order valence-corrected chi connectivity index (χ1v) is 7.75. The molecule has 0 aliphatic carbocycles. The van der Waals surface area contributed by atoms with Gasteiger partial charge >= 0.3 is 0 Å². The molecule has 1 heterocycles. The van der Waals surface area contributed by atoms with E-state index in [-0.39, 0.29) is 11.7 Å². The van der Waals surface area contributed by atoms with Crippen LogP contribution in [0.4, 0.5) is 0 Å². The van der Waals surface area contributed by atoms with Crippen LogP contribution in [-0.4, -0.2) is 25.5 Å². The van der Waals surface area contributed by atoms with Crippen LogP contribution in [0.3, 0.4) is 0 Å². The van der Waals surface area contributed by atoms with Gasteiger partial charge in [-0.05, 0) is 38.4 Å². The summed E-state index contributed by atoms with van der Waals surface area (Å²) in [7, 11) is 0. The van der Waals surface area contributed by atoms with Crippen LogP contribution in [0.25, 0.3) is 0 Å². The first-order valence-electron chi connectivity index (χ1n) is 7.00. The zero-order valence-electron chi connectivity index (χ0n) is 11.5. The maximum absolute atomic E-state index is 12.6. The number of carbonyl (C=O) groups excluding carboxylic acids is 1. The standard InChI is InChI=1S/C15H19Cl2NO2/c1-2-7-20-14-9-13(17)12(16)8-11(14)15(19)10-3-5-18-6-4-10/h8-10,18H,2-7H2,1H3. The predicted molar refractivity (Wildman–Crippen MR) is 82.2 cm³/mol. The molecule has 0 spiro atoms. The molecule has 3 nitrogen and oxygen atoms in total. The lowest BCUT2D eigenvalue weighted by atomic mass is 9.89. The molecular formula is C15H19Cl2NO2. The van der Waals surface area contributed by atoms with E-state index in [2.05, 4.69) is 5.32 Å². The molecule has 0 amide bonds. The molecule has 0 saturated carbocycles. The Balaban J connectivity index is 2.27. The lowest BCUT2D eigenvalue weighted by Crippen LogP contribution is -2.32. The van der Waals surface area contributed by atoms with Gasteiger partial charge in [-0.3, -0.25) is 4.79 Å². The van der Waals surface area contributed by atoms with Crippen molar-refractivity contribution in [1.29, 1.82) is 0 Å². The second-order valence-electron chi connectivity index (χ2n) is 5.00. The molecule has 0 bridgehead atoms. The van der Waals surface area contributed by atoms with E-state index in [9.17, 15) is 4.79 Å². The quantitative estimate of drug-likeness (QED) is 0.836. The van der Waals surface area contributed by atoms with Gasteiger partial charge in [0.05, 0.1) is 22.2 Å². The van der Waals surface area contributed by atoms with E-state index in [1.807, 2.05) is 6.92 Å². The Morgan fingerprint density at radius 1 is 1.30 bits per heavy atom. The van der Waals surface area contributed by atoms with E-state index in [4.69, 9.17) is 27.9 Å². The second-order valence-corrected chi connectivity index (χ2v) is 5.81. The first-order chi connectivity index (χ1) is 9.63. The third kappa shape index (κ3) is 3.66. The lowest BCUT2D eigenvalue weighted by Gasteiger charge is -2.22. The number of Topliss-reactive ketones (excluding diaryl/α,β-unsaturated/α-hetero) is 1. The molecule has 2 rings (SSSR count). The molecule has 20 heavy (non-hydrogen) atoms. The molecule has 0 aromatic heterocycles. The fourth-order valence-corrected chi connectivity index (χ4v) is 2.67. The van der Waals surface area contributed by atoms with Crippen LogP contribution in [0.2, 0.25) is 10.0 Å². The number of carbonyl (C=O) groups is 1. The van der Waals surface area contributed by atoms with Gasteiger partial charge in [0.15, 0.2) is 5.78 Å². The van der Waals surface area contributed by atoms with E-state index in [1.54, 1.807) is 12.1 Å². The lowest BCUT2D eigenvalue weighted by molar-refractivity contribution is 0.0891. The van der Waals surface area contributed by atoms with E-state index in [0.717, 1.165) is 32.4 Å². The minimum absolute atomic E-state index is 0.0393. The van der Waals surface area contributed by atoms with Gasteiger partial charge in [-0.25, -0.2) is 0 Å². The van der Waals surface area contributed by atoms with Crippen LogP contribution in [0.1, 0.15) is 36.5 Å². The summed E-state index contributed by atoms with van der Waals surface area (Å²) in [6, 6.07) is 3.28. The zero-order valence-corrected chi connectivity index (χ0v) is 13.1. The maximum Gasteiger partial charge on any atom is 0.169 e. The number of hydrogen-bond acceptors (Lipinski definition) is 3. The van der Waals surface area contributed by atoms with Gasteiger partial charge in [0.25, 0.3) is 0 Å². The molecule has 0 radical (unpaired) electrons. The highest BCUT2D eigenvalue weighted by Gasteiger charge is 2.25. The monoisotopic (exact) mass is 315 g/mol. The van der Waals surface area contributed by atoms with Crippen LogP contribution in [0, 0.1) is 5.92 Å². The molecule has 1 aromatic rings. The van der Waals surface area contributed by atoms with Crippen molar-refractivity contribution in [2.45, 2.75) is 26.2 Å². The topological polar surface area (TPSA) is 38.3 Å². The molecule has 1 aliphatic heterocycles. The van der Waals surface area contributed by atoms with Crippen LogP contribution in [-0.2, 0) is 0 Å². The summed E-state index contributed by atoms with van der Waals surface area (Å²) >= 11 is 12.1. The molecule has 1 aromatic carbocycles. The number of rotatable bonds is 5. The summed E-state index contributed by atoms with van der Waals surface area (Å²) in [5.41, 5.74) is 0.555. The summed E-state index contributed by atoms with van der Waals surface area (Å²) < 4.78 is 5.65. The maximum atomic E-state index is 12.6. The smallest absolute Gasteiger partial charge is 0.169 e. The average Bonchev–Trinajstić information content (AvgIpc) is 2.48. The second kappa shape index (κ2) is 7.30. The van der Waals surface area contributed by atoms with Gasteiger partial charge in [0.2, 0.25) is 0 Å². The minimum Gasteiger partial charge on any atom is -0.493 e. The largest absolute Gasteiger partial charge is 0.493 e. The van der Waals surface area contributed by atoms with Crippen LogP contribution in [0.5, 0.6) is 5.75 Å². The number of halogens is 2. The number of ketones is 1. The highest BCUT2D eigenvalue weighted by molar-refractivity contribution is 6.42. The Hall–Kier alpha value is -0.770. The van der Waals surface area contributed by atoms with E-state index in [1.165, 1.54) is 0 Å². The fourth-order valence-electron chi connectivity index (χ4n) is 2.36. The van der Waals surface area contributed by atoms with Crippen LogP contribution < -0.4 is 10.1 Å². The van der Waals surface area contributed by atoms with Crippen molar-refractivity contribution in [2.24, 2.45) is 5.92 Å². The fraction of sp³-hybridized carbons (Fsp3) is 0.533. The van der Waals surface area contributed by atoms with Gasteiger partial charge in [0, 0.05) is 12.0 Å². The molecule has 0 unspecified atom stereocenters. The van der Waals surface area contributed by atoms with Crippen molar-refractivity contribution in [3.8, 4) is 5.75 Å². The van der Waals surface area contributed by atoms with Crippen molar-refractivity contribution in [1.82, 2.24) is 5.32 Å². The summed E-state index contributed by atoms with van der Waals surface area (Å²) in [6.07, 6.45) is 2.58.